The Morgan fingerprint density at radius 2 is 1.50 bits per heavy atom. The van der Waals surface area contributed by atoms with Gasteiger partial charge in [-0.3, -0.25) is 18.5 Å². The Morgan fingerprint density at radius 3 is 2.06 bits per heavy atom. The van der Waals surface area contributed by atoms with Crippen molar-refractivity contribution < 1.29 is 122 Å². The summed E-state index contributed by atoms with van der Waals surface area (Å²) in [5, 5.41) is 47.2. The van der Waals surface area contributed by atoms with E-state index in [0.29, 0.717) is 0 Å². The Balaban J connectivity index is 0.00000408. The number of carbonyl (C=O) groups is 1. The molecule has 1 N–H and O–H groups in total. The van der Waals surface area contributed by atoms with Gasteiger partial charge in [0.05, 0.1) is 37.7 Å². The number of hydrogen-bond donors (Lipinski definition) is 1. The van der Waals surface area contributed by atoms with Crippen LogP contribution in [-0.4, -0.2) is 29.0 Å². The number of carboxylic acid groups (broad SMARTS) is 1. The summed E-state index contributed by atoms with van der Waals surface area (Å²) in [6.07, 6.45) is 0. The predicted molar refractivity (Wildman–Crippen MR) is 108 cm³/mol. The Bertz CT molecular complexity index is 1420. The van der Waals surface area contributed by atoms with Crippen molar-refractivity contribution >= 4 is 44.5 Å². The van der Waals surface area contributed by atoms with E-state index in [9.17, 15) is 38.1 Å². The standard InChI is InChI=1S/C19H12N5O8S.3Na/c25-18-14(19(26)27)9-12(21-22-15-3-1-2-4-17(15)33(30,31)32)10-16(18)23-20-11-5-7-13(8-6-11)24(28)29;;;/h1,3-10,25H,(H,26,27)(H,30,31,32);;;/q-1;3*+1/p-2. The van der Waals surface area contributed by atoms with Crippen LogP contribution in [0.25, 0.3) is 0 Å². The third kappa shape index (κ3) is 9.08. The quantitative estimate of drug-likeness (QED) is 0.0768. The third-order valence-electron chi connectivity index (χ3n) is 3.97. The van der Waals surface area contributed by atoms with E-state index in [0.717, 1.165) is 24.3 Å². The van der Waals surface area contributed by atoms with Gasteiger partial charge in [0.25, 0.3) is 5.69 Å². The number of aromatic carboxylic acids is 1. The van der Waals surface area contributed by atoms with Crippen molar-refractivity contribution in [3.63, 3.8) is 0 Å². The molecule has 0 aliphatic rings. The first-order chi connectivity index (χ1) is 15.6. The molecule has 0 spiro atoms. The average molecular weight is 537 g/mol. The van der Waals surface area contributed by atoms with Crippen LogP contribution in [0.1, 0.15) is 10.4 Å². The summed E-state index contributed by atoms with van der Waals surface area (Å²) in [6.45, 7) is 0. The fourth-order valence-corrected chi connectivity index (χ4v) is 3.02. The van der Waals surface area contributed by atoms with Crippen molar-refractivity contribution in [2.75, 3.05) is 0 Å². The number of carboxylic acids is 1. The number of hydrogen-bond acceptors (Lipinski definition) is 11. The Labute approximate surface area is 270 Å². The molecular weight excluding hydrogens is 527 g/mol. The number of rotatable bonds is 7. The second-order valence-corrected chi connectivity index (χ2v) is 7.52. The van der Waals surface area contributed by atoms with Crippen LogP contribution in [0.5, 0.6) is 5.75 Å². The van der Waals surface area contributed by atoms with Gasteiger partial charge in [0.15, 0.2) is 0 Å². The van der Waals surface area contributed by atoms with Crippen molar-refractivity contribution in [2.24, 2.45) is 20.5 Å². The minimum absolute atomic E-state index is 0. The minimum atomic E-state index is -4.88. The van der Waals surface area contributed by atoms with E-state index >= 15 is 0 Å². The molecule has 0 aliphatic carbocycles. The predicted octanol–water partition coefficient (Wildman–Crippen LogP) is -5.09. The maximum Gasteiger partial charge on any atom is 1.00 e. The molecule has 0 saturated carbocycles. The summed E-state index contributed by atoms with van der Waals surface area (Å²) in [7, 11) is -4.88. The second-order valence-electron chi connectivity index (χ2n) is 6.17. The average Bonchev–Trinajstić information content (AvgIpc) is 2.77. The summed E-state index contributed by atoms with van der Waals surface area (Å²) >= 11 is 0. The molecule has 0 aromatic heterocycles. The molecule has 3 aromatic carbocycles. The van der Waals surface area contributed by atoms with E-state index in [2.05, 4.69) is 26.5 Å². The number of nitro groups is 1. The number of nitrogens with zero attached hydrogens (tertiary/aromatic N) is 5. The fourth-order valence-electron chi connectivity index (χ4n) is 2.44. The van der Waals surface area contributed by atoms with E-state index in [4.69, 9.17) is 0 Å². The summed E-state index contributed by atoms with van der Waals surface area (Å²) < 4.78 is 34.0. The summed E-state index contributed by atoms with van der Waals surface area (Å²) in [4.78, 5) is 20.8. The van der Waals surface area contributed by atoms with Gasteiger partial charge in [-0.1, -0.05) is 5.75 Å². The van der Waals surface area contributed by atoms with E-state index in [1.54, 1.807) is 0 Å². The number of non-ortho nitro benzene ring substituents is 1. The zero-order valence-corrected chi connectivity index (χ0v) is 26.0. The largest absolute Gasteiger partial charge is 1.00 e. The van der Waals surface area contributed by atoms with Gasteiger partial charge in [-0.25, -0.2) is 4.79 Å². The van der Waals surface area contributed by atoms with E-state index in [-0.39, 0.29) is 111 Å². The third-order valence-corrected chi connectivity index (χ3v) is 4.83. The molecule has 0 unspecified atom stereocenters. The van der Waals surface area contributed by atoms with Gasteiger partial charge in [0.2, 0.25) is 0 Å². The van der Waals surface area contributed by atoms with Gasteiger partial charge in [-0.15, -0.1) is 6.07 Å². The first-order valence-corrected chi connectivity index (χ1v) is 10.1. The van der Waals surface area contributed by atoms with Crippen LogP contribution >= 0.6 is 0 Å². The molecule has 168 valence electrons. The van der Waals surface area contributed by atoms with Crippen LogP contribution in [-0.2, 0) is 10.1 Å². The molecule has 0 radical (unpaired) electrons. The molecule has 0 bridgehead atoms. The number of nitro benzene ring substituents is 1. The first-order valence-electron chi connectivity index (χ1n) is 8.68. The van der Waals surface area contributed by atoms with Gasteiger partial charge < -0.3 is 14.8 Å². The monoisotopic (exact) mass is 537 g/mol. The summed E-state index contributed by atoms with van der Waals surface area (Å²) in [5.74, 6) is -2.56. The summed E-state index contributed by atoms with van der Waals surface area (Å²) in [5.41, 5.74) is -1.68. The topological polar surface area (TPSA) is 210 Å². The molecular formula is C19H10N5Na3O8S. The van der Waals surface area contributed by atoms with Crippen molar-refractivity contribution in [1.82, 2.24) is 0 Å². The molecule has 0 heterocycles. The molecule has 3 aromatic rings. The van der Waals surface area contributed by atoms with Crippen molar-refractivity contribution in [3.8, 4) is 5.75 Å². The fraction of sp³-hybridized carbons (Fsp3) is 0. The molecule has 3 rings (SSSR count). The van der Waals surface area contributed by atoms with Gasteiger partial charge in [0, 0.05) is 12.1 Å². The summed E-state index contributed by atoms with van der Waals surface area (Å²) in [6, 6.07) is 12.6. The van der Waals surface area contributed by atoms with E-state index in [1.165, 1.54) is 30.3 Å². The van der Waals surface area contributed by atoms with Crippen LogP contribution in [0.2, 0.25) is 0 Å². The van der Waals surface area contributed by atoms with Crippen molar-refractivity contribution in [3.05, 3.63) is 76.3 Å². The van der Waals surface area contributed by atoms with Gasteiger partial charge in [0.1, 0.15) is 0 Å². The zero-order chi connectivity index (χ0) is 24.2. The molecule has 0 fully saturated rings. The van der Waals surface area contributed by atoms with Crippen LogP contribution < -0.4 is 93.8 Å². The Hall–Kier alpha value is -1.56. The smallest absolute Gasteiger partial charge is 0.870 e. The van der Waals surface area contributed by atoms with Gasteiger partial charge in [-0.2, -0.15) is 38.7 Å². The zero-order valence-electron chi connectivity index (χ0n) is 19.1. The maximum absolute atomic E-state index is 12.4. The van der Waals surface area contributed by atoms with Gasteiger partial charge >= 0.3 is 94.6 Å². The van der Waals surface area contributed by atoms with E-state index in [1.807, 2.05) is 0 Å². The first kappa shape index (κ1) is 34.4. The van der Waals surface area contributed by atoms with E-state index < -0.39 is 42.9 Å². The van der Waals surface area contributed by atoms with Crippen LogP contribution in [0.4, 0.5) is 28.4 Å². The molecule has 17 heteroatoms. The Morgan fingerprint density at radius 1 is 0.917 bits per heavy atom. The molecule has 0 saturated heterocycles. The second kappa shape index (κ2) is 15.0. The molecule has 0 aliphatic heterocycles. The molecule has 36 heavy (non-hydrogen) atoms. The SMILES string of the molecule is O=C(O)c1cc(N=Nc2cc[c-]cc2S(=O)(=O)[O-])cc(N=Nc2ccc([N+](=O)[O-])cc2)c1[O-].[Na+].[Na+].[Na+]. The molecule has 0 amide bonds. The van der Waals surface area contributed by atoms with Crippen LogP contribution in [0.3, 0.4) is 0 Å². The van der Waals surface area contributed by atoms with Crippen LogP contribution in [0.15, 0.2) is 79.9 Å². The normalized spacial score (nSPS) is 10.8. The van der Waals surface area contributed by atoms with Crippen LogP contribution in [0, 0.1) is 16.2 Å². The maximum atomic E-state index is 12.4. The Kier molecular flexibility index (Phi) is 14.3. The number of benzene rings is 3. The molecule has 13 nitrogen and oxygen atoms in total. The van der Waals surface area contributed by atoms with Crippen molar-refractivity contribution in [2.45, 2.75) is 4.90 Å². The minimum Gasteiger partial charge on any atom is -0.870 e. The number of azo groups is 2. The molecule has 0 atom stereocenters. The van der Waals surface area contributed by atoms with Crippen molar-refractivity contribution in [1.29, 1.82) is 0 Å². The van der Waals surface area contributed by atoms with Gasteiger partial charge in [-0.05, 0) is 34.8 Å².